The lowest BCUT2D eigenvalue weighted by atomic mass is 9.89. The number of morpholine rings is 1. The molecule has 1 aliphatic carbocycles. The van der Waals surface area contributed by atoms with Crippen LogP contribution in [0.15, 0.2) is 18.2 Å². The summed E-state index contributed by atoms with van der Waals surface area (Å²) in [7, 11) is 0. The number of nitrogens with zero attached hydrogens (tertiary/aromatic N) is 2. The van der Waals surface area contributed by atoms with Gasteiger partial charge in [0.25, 0.3) is 0 Å². The number of fused-ring (bicyclic) bond motifs is 1. The standard InChI is InChI=1S/C16H20N2O/c1-12-6-7-14(13(10-12)11-17)18-8-9-19-16-5-3-2-4-15(16)18/h6-7,10,15-16H,2-5,8-9H2,1H3. The molecule has 1 heterocycles. The van der Waals surface area contributed by atoms with Crippen LogP contribution in [-0.2, 0) is 4.74 Å². The van der Waals surface area contributed by atoms with Gasteiger partial charge in [0.2, 0.25) is 0 Å². The van der Waals surface area contributed by atoms with E-state index in [4.69, 9.17) is 4.74 Å². The van der Waals surface area contributed by atoms with Crippen molar-refractivity contribution in [2.75, 3.05) is 18.1 Å². The van der Waals surface area contributed by atoms with Gasteiger partial charge in [-0.25, -0.2) is 0 Å². The number of ether oxygens (including phenoxy) is 1. The second-order valence-electron chi connectivity index (χ2n) is 5.59. The number of aryl methyl sites for hydroxylation is 1. The topological polar surface area (TPSA) is 36.3 Å². The van der Waals surface area contributed by atoms with E-state index in [9.17, 15) is 5.26 Å². The third-order valence-electron chi connectivity index (χ3n) is 4.31. The van der Waals surface area contributed by atoms with Crippen molar-refractivity contribution in [2.45, 2.75) is 44.8 Å². The molecule has 100 valence electrons. The monoisotopic (exact) mass is 256 g/mol. The first-order valence-electron chi connectivity index (χ1n) is 7.18. The number of hydrogen-bond acceptors (Lipinski definition) is 3. The molecule has 1 saturated carbocycles. The van der Waals surface area contributed by atoms with Gasteiger partial charge in [-0.05, 0) is 37.5 Å². The van der Waals surface area contributed by atoms with Gasteiger partial charge in [0.15, 0.2) is 0 Å². The molecular formula is C16H20N2O. The molecule has 3 rings (SSSR count). The van der Waals surface area contributed by atoms with Gasteiger partial charge >= 0.3 is 0 Å². The quantitative estimate of drug-likeness (QED) is 0.775. The Balaban J connectivity index is 1.94. The maximum Gasteiger partial charge on any atom is 0.101 e. The van der Waals surface area contributed by atoms with Crippen molar-refractivity contribution in [1.29, 1.82) is 5.26 Å². The van der Waals surface area contributed by atoms with E-state index in [1.807, 2.05) is 13.0 Å². The normalized spacial score (nSPS) is 26.6. The Bertz CT molecular complexity index is 504. The van der Waals surface area contributed by atoms with Gasteiger partial charge in [0.1, 0.15) is 6.07 Å². The minimum absolute atomic E-state index is 0.357. The lowest BCUT2D eigenvalue weighted by molar-refractivity contribution is -0.00869. The Labute approximate surface area is 114 Å². The summed E-state index contributed by atoms with van der Waals surface area (Å²) >= 11 is 0. The van der Waals surface area contributed by atoms with Crippen molar-refractivity contribution in [1.82, 2.24) is 0 Å². The number of benzene rings is 1. The van der Waals surface area contributed by atoms with Gasteiger partial charge in [-0.15, -0.1) is 0 Å². The van der Waals surface area contributed by atoms with E-state index in [1.165, 1.54) is 19.3 Å². The molecule has 0 N–H and O–H groups in total. The molecule has 1 saturated heterocycles. The highest BCUT2D eigenvalue weighted by molar-refractivity contribution is 5.61. The molecule has 1 aliphatic heterocycles. The predicted molar refractivity (Wildman–Crippen MR) is 75.2 cm³/mol. The first-order valence-corrected chi connectivity index (χ1v) is 7.18. The van der Waals surface area contributed by atoms with Crippen molar-refractivity contribution in [3.05, 3.63) is 29.3 Å². The predicted octanol–water partition coefficient (Wildman–Crippen LogP) is 3.01. The van der Waals surface area contributed by atoms with Crippen molar-refractivity contribution in [2.24, 2.45) is 0 Å². The van der Waals surface area contributed by atoms with E-state index in [-0.39, 0.29) is 0 Å². The molecular weight excluding hydrogens is 236 g/mol. The van der Waals surface area contributed by atoms with Crippen LogP contribution in [0.3, 0.4) is 0 Å². The number of hydrogen-bond donors (Lipinski definition) is 0. The largest absolute Gasteiger partial charge is 0.374 e. The Morgan fingerprint density at radius 2 is 2.16 bits per heavy atom. The summed E-state index contributed by atoms with van der Waals surface area (Å²) in [5.41, 5.74) is 3.04. The molecule has 1 aromatic rings. The molecule has 0 amide bonds. The van der Waals surface area contributed by atoms with Crippen molar-refractivity contribution in [3.63, 3.8) is 0 Å². The fourth-order valence-corrected chi connectivity index (χ4v) is 3.39. The number of anilines is 1. The molecule has 1 aromatic carbocycles. The Kier molecular flexibility index (Phi) is 3.44. The summed E-state index contributed by atoms with van der Waals surface area (Å²) in [5, 5.41) is 9.36. The molecule has 0 bridgehead atoms. The zero-order chi connectivity index (χ0) is 13.2. The molecule has 0 radical (unpaired) electrons. The van der Waals surface area contributed by atoms with Gasteiger partial charge < -0.3 is 9.64 Å². The van der Waals surface area contributed by atoms with Crippen molar-refractivity contribution in [3.8, 4) is 6.07 Å². The number of nitriles is 1. The molecule has 2 unspecified atom stereocenters. The summed E-state index contributed by atoms with van der Waals surface area (Å²) in [6.45, 7) is 3.71. The third-order valence-corrected chi connectivity index (χ3v) is 4.31. The maximum absolute atomic E-state index is 9.36. The lowest BCUT2D eigenvalue weighted by Crippen LogP contribution is -2.53. The third kappa shape index (κ3) is 2.33. The smallest absolute Gasteiger partial charge is 0.101 e. The summed E-state index contributed by atoms with van der Waals surface area (Å²) in [4.78, 5) is 2.41. The van der Waals surface area contributed by atoms with Gasteiger partial charge in [-0.2, -0.15) is 5.26 Å². The Hall–Kier alpha value is -1.53. The summed E-state index contributed by atoms with van der Waals surface area (Å²) in [6.07, 6.45) is 5.25. The van der Waals surface area contributed by atoms with E-state index in [1.54, 1.807) is 0 Å². The minimum atomic E-state index is 0.357. The second-order valence-corrected chi connectivity index (χ2v) is 5.59. The average molecular weight is 256 g/mol. The maximum atomic E-state index is 9.36. The molecule has 3 nitrogen and oxygen atoms in total. The Morgan fingerprint density at radius 1 is 1.32 bits per heavy atom. The summed E-state index contributed by atoms with van der Waals surface area (Å²) in [5.74, 6) is 0. The van der Waals surface area contributed by atoms with Crippen LogP contribution in [0.5, 0.6) is 0 Å². The zero-order valence-corrected chi connectivity index (χ0v) is 11.4. The van der Waals surface area contributed by atoms with Crippen molar-refractivity contribution < 1.29 is 4.74 Å². The minimum Gasteiger partial charge on any atom is -0.374 e. The van der Waals surface area contributed by atoms with E-state index >= 15 is 0 Å². The van der Waals surface area contributed by atoms with Crippen LogP contribution < -0.4 is 4.90 Å². The first kappa shape index (κ1) is 12.5. The molecule has 0 spiro atoms. The highest BCUT2D eigenvalue weighted by Crippen LogP contribution is 2.33. The molecule has 2 atom stereocenters. The van der Waals surface area contributed by atoms with E-state index < -0.39 is 0 Å². The first-order chi connectivity index (χ1) is 9.29. The SMILES string of the molecule is Cc1ccc(N2CCOC3CCCCC32)c(C#N)c1. The highest BCUT2D eigenvalue weighted by Gasteiger charge is 2.35. The summed E-state index contributed by atoms with van der Waals surface area (Å²) < 4.78 is 5.91. The lowest BCUT2D eigenvalue weighted by Gasteiger charge is -2.45. The Morgan fingerprint density at radius 3 is 3.00 bits per heavy atom. The molecule has 3 heteroatoms. The summed E-state index contributed by atoms with van der Waals surface area (Å²) in [6, 6.07) is 8.99. The molecule has 0 aromatic heterocycles. The van der Waals surface area contributed by atoms with Crippen LogP contribution in [0.4, 0.5) is 5.69 Å². The fraction of sp³-hybridized carbons (Fsp3) is 0.562. The molecule has 19 heavy (non-hydrogen) atoms. The van der Waals surface area contributed by atoms with Crippen LogP contribution in [0.2, 0.25) is 0 Å². The van der Waals surface area contributed by atoms with E-state index in [0.717, 1.165) is 36.4 Å². The van der Waals surface area contributed by atoms with E-state index in [2.05, 4.69) is 23.1 Å². The van der Waals surface area contributed by atoms with Gasteiger partial charge in [-0.1, -0.05) is 18.9 Å². The van der Waals surface area contributed by atoms with Gasteiger partial charge in [-0.3, -0.25) is 0 Å². The molecule has 2 fully saturated rings. The average Bonchev–Trinajstić information content (AvgIpc) is 2.46. The fourth-order valence-electron chi connectivity index (χ4n) is 3.39. The van der Waals surface area contributed by atoms with Crippen LogP contribution >= 0.6 is 0 Å². The van der Waals surface area contributed by atoms with E-state index in [0.29, 0.717) is 12.1 Å². The van der Waals surface area contributed by atoms with Crippen molar-refractivity contribution >= 4 is 5.69 Å². The van der Waals surface area contributed by atoms with Crippen LogP contribution in [0.1, 0.15) is 36.8 Å². The van der Waals surface area contributed by atoms with Crippen LogP contribution in [-0.4, -0.2) is 25.3 Å². The van der Waals surface area contributed by atoms with Crippen LogP contribution in [0, 0.1) is 18.3 Å². The molecule has 2 aliphatic rings. The zero-order valence-electron chi connectivity index (χ0n) is 11.4. The highest BCUT2D eigenvalue weighted by atomic mass is 16.5. The van der Waals surface area contributed by atoms with Gasteiger partial charge in [0, 0.05) is 6.54 Å². The van der Waals surface area contributed by atoms with Gasteiger partial charge in [0.05, 0.1) is 30.0 Å². The van der Waals surface area contributed by atoms with Crippen LogP contribution in [0.25, 0.3) is 0 Å². The number of rotatable bonds is 1. The second kappa shape index (κ2) is 5.22.